The molecule has 2 nitrogen and oxygen atoms in total. The first kappa shape index (κ1) is 19.1. The number of fused-ring (bicyclic) bond motifs is 3. The molecule has 0 aromatic heterocycles. The van der Waals surface area contributed by atoms with E-state index in [0.717, 1.165) is 35.3 Å². The van der Waals surface area contributed by atoms with Crippen LogP contribution in [0.15, 0.2) is 48.6 Å². The highest BCUT2D eigenvalue weighted by Crippen LogP contribution is 2.55. The zero-order valence-corrected chi connectivity index (χ0v) is 17.8. The molecule has 28 heavy (non-hydrogen) atoms. The molecule has 1 aliphatic heterocycles. The normalized spacial score (nSPS) is 26.3. The van der Waals surface area contributed by atoms with E-state index in [0.29, 0.717) is 17.6 Å². The van der Waals surface area contributed by atoms with Crippen LogP contribution in [0.2, 0.25) is 0 Å². The monoisotopic (exact) mass is 376 g/mol. The standard InChI is InChI=1S/C26H32O2/c1-15(2)20-12-7-16(3)25-23(20)24-21(27)13-18(14-22(24)28-25)17-8-10-19(11-9-17)26(4,5)6/h8-11,13-14,16,20,23,25,27H,1,7,12H2,2-6H3. The number of benzene rings is 2. The number of allylic oxidation sites excluding steroid dienone is 1. The van der Waals surface area contributed by atoms with E-state index in [-0.39, 0.29) is 17.4 Å². The lowest BCUT2D eigenvalue weighted by atomic mass is 9.68. The zero-order chi connectivity index (χ0) is 20.2. The highest BCUT2D eigenvalue weighted by molar-refractivity contribution is 5.70. The van der Waals surface area contributed by atoms with Gasteiger partial charge in [-0.25, -0.2) is 0 Å². The molecule has 2 heteroatoms. The smallest absolute Gasteiger partial charge is 0.127 e. The molecule has 1 saturated carbocycles. The number of phenols is 1. The summed E-state index contributed by atoms with van der Waals surface area (Å²) >= 11 is 0. The van der Waals surface area contributed by atoms with Gasteiger partial charge in [-0.3, -0.25) is 0 Å². The molecular weight excluding hydrogens is 344 g/mol. The maximum Gasteiger partial charge on any atom is 0.127 e. The fourth-order valence-corrected chi connectivity index (χ4v) is 5.00. The summed E-state index contributed by atoms with van der Waals surface area (Å²) < 4.78 is 6.42. The van der Waals surface area contributed by atoms with E-state index >= 15 is 0 Å². The maximum atomic E-state index is 11.0. The van der Waals surface area contributed by atoms with E-state index < -0.39 is 0 Å². The van der Waals surface area contributed by atoms with Gasteiger partial charge in [0, 0.05) is 11.5 Å². The van der Waals surface area contributed by atoms with Gasteiger partial charge in [-0.1, -0.05) is 64.1 Å². The molecule has 0 radical (unpaired) electrons. The molecule has 1 aliphatic carbocycles. The average Bonchev–Trinajstić information content (AvgIpc) is 3.02. The van der Waals surface area contributed by atoms with Crippen LogP contribution >= 0.6 is 0 Å². The zero-order valence-electron chi connectivity index (χ0n) is 17.8. The van der Waals surface area contributed by atoms with Crippen LogP contribution in [-0.4, -0.2) is 11.2 Å². The molecule has 4 rings (SSSR count). The van der Waals surface area contributed by atoms with Crippen molar-refractivity contribution in [2.75, 3.05) is 0 Å². The summed E-state index contributed by atoms with van der Waals surface area (Å²) in [6.07, 6.45) is 2.40. The minimum absolute atomic E-state index is 0.130. The second-order valence-electron chi connectivity index (χ2n) is 9.85. The van der Waals surface area contributed by atoms with Gasteiger partial charge in [0.15, 0.2) is 0 Å². The van der Waals surface area contributed by atoms with E-state index in [1.807, 2.05) is 6.07 Å². The number of rotatable bonds is 2. The van der Waals surface area contributed by atoms with Gasteiger partial charge in [-0.15, -0.1) is 0 Å². The number of aromatic hydroxyl groups is 1. The molecule has 2 aliphatic rings. The van der Waals surface area contributed by atoms with Crippen molar-refractivity contribution in [1.29, 1.82) is 0 Å². The van der Waals surface area contributed by atoms with Crippen LogP contribution in [0.4, 0.5) is 0 Å². The topological polar surface area (TPSA) is 29.5 Å². The first-order chi connectivity index (χ1) is 13.2. The second kappa shape index (κ2) is 6.69. The van der Waals surface area contributed by atoms with Crippen LogP contribution in [0.1, 0.15) is 64.5 Å². The molecule has 1 fully saturated rings. The highest BCUT2D eigenvalue weighted by Gasteiger charge is 2.47. The fraction of sp³-hybridized carbons (Fsp3) is 0.462. The molecule has 1 N–H and O–H groups in total. The summed E-state index contributed by atoms with van der Waals surface area (Å²) in [5.41, 5.74) is 5.73. The molecule has 148 valence electrons. The Hall–Kier alpha value is -2.22. The largest absolute Gasteiger partial charge is 0.507 e. The molecule has 0 saturated heterocycles. The number of hydrogen-bond acceptors (Lipinski definition) is 2. The summed E-state index contributed by atoms with van der Waals surface area (Å²) in [5, 5.41) is 11.0. The lowest BCUT2D eigenvalue weighted by molar-refractivity contribution is 0.0864. The molecule has 2 aromatic carbocycles. The van der Waals surface area contributed by atoms with Gasteiger partial charge in [0.2, 0.25) is 0 Å². The summed E-state index contributed by atoms with van der Waals surface area (Å²) in [7, 11) is 0. The third-order valence-corrected chi connectivity index (χ3v) is 6.72. The Morgan fingerprint density at radius 3 is 2.36 bits per heavy atom. The van der Waals surface area contributed by atoms with Crippen LogP contribution in [-0.2, 0) is 5.41 Å². The van der Waals surface area contributed by atoms with Crippen molar-refractivity contribution in [3.63, 3.8) is 0 Å². The van der Waals surface area contributed by atoms with Gasteiger partial charge in [0.25, 0.3) is 0 Å². The van der Waals surface area contributed by atoms with E-state index in [4.69, 9.17) is 4.74 Å². The van der Waals surface area contributed by atoms with E-state index in [1.165, 1.54) is 11.1 Å². The van der Waals surface area contributed by atoms with Crippen molar-refractivity contribution < 1.29 is 9.84 Å². The van der Waals surface area contributed by atoms with Crippen molar-refractivity contribution in [3.8, 4) is 22.6 Å². The van der Waals surface area contributed by atoms with Crippen LogP contribution in [0.5, 0.6) is 11.5 Å². The maximum absolute atomic E-state index is 11.0. The molecule has 1 heterocycles. The quantitative estimate of drug-likeness (QED) is 0.582. The Morgan fingerprint density at radius 2 is 1.75 bits per heavy atom. The van der Waals surface area contributed by atoms with E-state index in [9.17, 15) is 5.11 Å². The molecule has 0 amide bonds. The predicted molar refractivity (Wildman–Crippen MR) is 116 cm³/mol. The second-order valence-corrected chi connectivity index (χ2v) is 9.85. The minimum atomic E-state index is 0.130. The van der Waals surface area contributed by atoms with Crippen LogP contribution in [0.3, 0.4) is 0 Å². The molecule has 2 aromatic rings. The average molecular weight is 377 g/mol. The van der Waals surface area contributed by atoms with Gasteiger partial charge in [-0.05, 0) is 65.8 Å². The third kappa shape index (κ3) is 3.13. The number of phenolic OH excluding ortho intramolecular Hbond substituents is 1. The summed E-state index contributed by atoms with van der Waals surface area (Å²) in [6.45, 7) is 15.3. The summed E-state index contributed by atoms with van der Waals surface area (Å²) in [6, 6.07) is 12.7. The van der Waals surface area contributed by atoms with Crippen LogP contribution in [0, 0.1) is 11.8 Å². The minimum Gasteiger partial charge on any atom is -0.507 e. The van der Waals surface area contributed by atoms with E-state index in [1.54, 1.807) is 0 Å². The molecule has 0 bridgehead atoms. The number of ether oxygens (including phenoxy) is 1. The van der Waals surface area contributed by atoms with Crippen LogP contribution < -0.4 is 4.74 Å². The van der Waals surface area contributed by atoms with Gasteiger partial charge in [-0.2, -0.15) is 0 Å². The van der Waals surface area contributed by atoms with Gasteiger partial charge in [0.05, 0.1) is 0 Å². The highest BCUT2D eigenvalue weighted by atomic mass is 16.5. The van der Waals surface area contributed by atoms with Gasteiger partial charge >= 0.3 is 0 Å². The first-order valence-electron chi connectivity index (χ1n) is 10.5. The van der Waals surface area contributed by atoms with Crippen molar-refractivity contribution >= 4 is 0 Å². The molecule has 4 unspecified atom stereocenters. The van der Waals surface area contributed by atoms with Gasteiger partial charge in [0.1, 0.15) is 17.6 Å². The number of hydrogen-bond donors (Lipinski definition) is 1. The van der Waals surface area contributed by atoms with Crippen molar-refractivity contribution in [2.24, 2.45) is 11.8 Å². The van der Waals surface area contributed by atoms with E-state index in [2.05, 4.69) is 71.5 Å². The molecule has 4 atom stereocenters. The Kier molecular flexibility index (Phi) is 4.56. The summed E-state index contributed by atoms with van der Waals surface area (Å²) in [4.78, 5) is 0. The van der Waals surface area contributed by atoms with Crippen molar-refractivity contribution in [2.45, 2.75) is 64.9 Å². The van der Waals surface area contributed by atoms with Crippen molar-refractivity contribution in [1.82, 2.24) is 0 Å². The Bertz CT molecular complexity index is 901. The first-order valence-corrected chi connectivity index (χ1v) is 10.5. The molecule has 0 spiro atoms. The Balaban J connectivity index is 1.74. The van der Waals surface area contributed by atoms with Gasteiger partial charge < -0.3 is 9.84 Å². The lowest BCUT2D eigenvalue weighted by Crippen LogP contribution is -2.36. The Morgan fingerprint density at radius 1 is 1.07 bits per heavy atom. The lowest BCUT2D eigenvalue weighted by Gasteiger charge is -2.37. The van der Waals surface area contributed by atoms with Crippen molar-refractivity contribution in [3.05, 3.63) is 59.7 Å². The summed E-state index contributed by atoms with van der Waals surface area (Å²) in [5.74, 6) is 2.30. The third-order valence-electron chi connectivity index (χ3n) is 6.72. The Labute approximate surface area is 169 Å². The predicted octanol–water partition coefficient (Wildman–Crippen LogP) is 6.82. The SMILES string of the molecule is C=C(C)C1CCC(C)C2Oc3cc(-c4ccc(C(C)(C)C)cc4)cc(O)c3C12. The fourth-order valence-electron chi connectivity index (χ4n) is 5.00. The van der Waals surface area contributed by atoms with Crippen LogP contribution in [0.25, 0.3) is 11.1 Å². The molecular formula is C26H32O2.